The van der Waals surface area contributed by atoms with E-state index in [1.54, 1.807) is 30.3 Å². The summed E-state index contributed by atoms with van der Waals surface area (Å²) in [6.45, 7) is 3.98. The second-order valence-corrected chi connectivity index (χ2v) is 6.20. The Morgan fingerprint density at radius 2 is 1.90 bits per heavy atom. The van der Waals surface area contributed by atoms with Gasteiger partial charge in [-0.15, -0.1) is 11.3 Å². The van der Waals surface area contributed by atoms with E-state index in [9.17, 15) is 15.0 Å². The topological polar surface area (TPSA) is 57.5 Å². The van der Waals surface area contributed by atoms with Crippen molar-refractivity contribution in [3.8, 4) is 11.5 Å². The highest BCUT2D eigenvalue weighted by Crippen LogP contribution is 2.36. The minimum atomic E-state index is -0.0895. The van der Waals surface area contributed by atoms with E-state index in [4.69, 9.17) is 0 Å². The third-order valence-corrected chi connectivity index (χ3v) is 4.59. The van der Waals surface area contributed by atoms with E-state index in [-0.39, 0.29) is 22.8 Å². The van der Waals surface area contributed by atoms with Crippen LogP contribution < -0.4 is 5.43 Å². The summed E-state index contributed by atoms with van der Waals surface area (Å²) >= 11 is 1.33. The van der Waals surface area contributed by atoms with E-state index in [1.165, 1.54) is 11.3 Å². The van der Waals surface area contributed by atoms with Gasteiger partial charge in [-0.25, -0.2) is 0 Å². The van der Waals surface area contributed by atoms with E-state index < -0.39 is 0 Å². The number of phenolic OH excluding ortho intramolecular Hbond substituents is 2. The van der Waals surface area contributed by atoms with Gasteiger partial charge in [-0.2, -0.15) is 0 Å². The lowest BCUT2D eigenvalue weighted by Crippen LogP contribution is -2.05. The van der Waals surface area contributed by atoms with Gasteiger partial charge in [0.05, 0.1) is 4.70 Å². The Balaban J connectivity index is 2.60. The van der Waals surface area contributed by atoms with E-state index in [0.29, 0.717) is 20.2 Å². The lowest BCUT2D eigenvalue weighted by molar-refractivity contribution is 0.475. The van der Waals surface area contributed by atoms with Crippen LogP contribution in [0.3, 0.4) is 0 Å². The minimum absolute atomic E-state index is 0.0895. The van der Waals surface area contributed by atoms with E-state index >= 15 is 0 Å². The van der Waals surface area contributed by atoms with Crippen molar-refractivity contribution in [2.75, 3.05) is 0 Å². The van der Waals surface area contributed by atoms with Crippen LogP contribution in [0.4, 0.5) is 0 Å². The standard InChI is InChI=1S/C16H14O3S/c1-8(2)11-6-9(17)7-13-14(11)15(19)10-4-3-5-12(18)16(10)20-13/h3-8,17-18H,1-2H3. The number of benzene rings is 2. The van der Waals surface area contributed by atoms with Gasteiger partial charge in [0, 0.05) is 15.5 Å². The lowest BCUT2D eigenvalue weighted by atomic mass is 9.98. The van der Waals surface area contributed by atoms with Gasteiger partial charge < -0.3 is 10.2 Å². The minimum Gasteiger partial charge on any atom is -0.508 e. The van der Waals surface area contributed by atoms with Crippen molar-refractivity contribution < 1.29 is 10.2 Å². The molecule has 2 aromatic carbocycles. The molecule has 0 amide bonds. The summed E-state index contributed by atoms with van der Waals surface area (Å²) in [7, 11) is 0. The number of hydrogen-bond acceptors (Lipinski definition) is 4. The SMILES string of the molecule is CC(C)c1cc(O)cc2sc3c(O)cccc3c(=O)c12. The summed E-state index contributed by atoms with van der Waals surface area (Å²) < 4.78 is 1.26. The molecule has 3 rings (SSSR count). The quantitative estimate of drug-likeness (QED) is 0.666. The Hall–Kier alpha value is -2.07. The molecule has 1 heterocycles. The smallest absolute Gasteiger partial charge is 0.196 e. The second kappa shape index (κ2) is 4.49. The maximum atomic E-state index is 12.7. The molecule has 0 fully saturated rings. The van der Waals surface area contributed by atoms with Crippen LogP contribution in [-0.2, 0) is 0 Å². The highest BCUT2D eigenvalue weighted by molar-refractivity contribution is 7.24. The molecule has 102 valence electrons. The average Bonchev–Trinajstić information content (AvgIpc) is 2.39. The van der Waals surface area contributed by atoms with Crippen molar-refractivity contribution in [3.63, 3.8) is 0 Å². The normalized spacial score (nSPS) is 11.6. The van der Waals surface area contributed by atoms with Crippen LogP contribution in [0.1, 0.15) is 25.3 Å². The van der Waals surface area contributed by atoms with E-state index in [2.05, 4.69) is 0 Å². The molecule has 0 bridgehead atoms. The van der Waals surface area contributed by atoms with Crippen molar-refractivity contribution in [2.45, 2.75) is 19.8 Å². The second-order valence-electron chi connectivity index (χ2n) is 5.15. The molecule has 1 aromatic heterocycles. The summed E-state index contributed by atoms with van der Waals surface area (Å²) in [6, 6.07) is 8.20. The van der Waals surface area contributed by atoms with Crippen LogP contribution in [0.25, 0.3) is 20.2 Å². The van der Waals surface area contributed by atoms with Gasteiger partial charge in [-0.3, -0.25) is 4.79 Å². The maximum absolute atomic E-state index is 12.7. The molecule has 0 aliphatic rings. The van der Waals surface area contributed by atoms with Gasteiger partial charge in [0.15, 0.2) is 5.43 Å². The number of aromatic hydroxyl groups is 2. The summed E-state index contributed by atoms with van der Waals surface area (Å²) in [5.41, 5.74) is 0.750. The zero-order chi connectivity index (χ0) is 14.4. The van der Waals surface area contributed by atoms with Gasteiger partial charge in [0.25, 0.3) is 0 Å². The predicted molar refractivity (Wildman–Crippen MR) is 83.0 cm³/mol. The van der Waals surface area contributed by atoms with Crippen LogP contribution in [0.5, 0.6) is 11.5 Å². The number of hydrogen-bond donors (Lipinski definition) is 2. The highest BCUT2D eigenvalue weighted by Gasteiger charge is 2.15. The average molecular weight is 286 g/mol. The van der Waals surface area contributed by atoms with Crippen molar-refractivity contribution in [3.05, 3.63) is 46.1 Å². The lowest BCUT2D eigenvalue weighted by Gasteiger charge is -2.11. The number of fused-ring (bicyclic) bond motifs is 2. The Bertz CT molecular complexity index is 878. The van der Waals surface area contributed by atoms with Crippen LogP contribution >= 0.6 is 11.3 Å². The molecule has 4 heteroatoms. The molecule has 0 aliphatic carbocycles. The zero-order valence-corrected chi connectivity index (χ0v) is 12.0. The maximum Gasteiger partial charge on any atom is 0.196 e. The van der Waals surface area contributed by atoms with E-state index in [0.717, 1.165) is 5.56 Å². The van der Waals surface area contributed by atoms with Gasteiger partial charge in [0.1, 0.15) is 11.5 Å². The third-order valence-electron chi connectivity index (χ3n) is 3.42. The highest BCUT2D eigenvalue weighted by atomic mass is 32.1. The fourth-order valence-electron chi connectivity index (χ4n) is 2.46. The van der Waals surface area contributed by atoms with Crippen LogP contribution in [0.2, 0.25) is 0 Å². The largest absolute Gasteiger partial charge is 0.508 e. The first-order valence-electron chi connectivity index (χ1n) is 6.40. The van der Waals surface area contributed by atoms with Crippen LogP contribution in [-0.4, -0.2) is 10.2 Å². The van der Waals surface area contributed by atoms with Crippen molar-refractivity contribution >= 4 is 31.5 Å². The van der Waals surface area contributed by atoms with Crippen LogP contribution in [0, 0.1) is 0 Å². The molecule has 0 saturated carbocycles. The first-order valence-corrected chi connectivity index (χ1v) is 7.22. The fraction of sp³-hybridized carbons (Fsp3) is 0.188. The van der Waals surface area contributed by atoms with Crippen molar-refractivity contribution in [1.29, 1.82) is 0 Å². The molecule has 0 saturated heterocycles. The molecule has 3 aromatic rings. The Morgan fingerprint density at radius 1 is 1.15 bits per heavy atom. The molecular weight excluding hydrogens is 272 g/mol. The van der Waals surface area contributed by atoms with Gasteiger partial charge >= 0.3 is 0 Å². The number of rotatable bonds is 1. The molecule has 0 aliphatic heterocycles. The van der Waals surface area contributed by atoms with Crippen LogP contribution in [0.15, 0.2) is 35.1 Å². The zero-order valence-electron chi connectivity index (χ0n) is 11.2. The van der Waals surface area contributed by atoms with Gasteiger partial charge in [-0.1, -0.05) is 19.9 Å². The monoisotopic (exact) mass is 286 g/mol. The molecule has 20 heavy (non-hydrogen) atoms. The Morgan fingerprint density at radius 3 is 2.60 bits per heavy atom. The summed E-state index contributed by atoms with van der Waals surface area (Å²) in [4.78, 5) is 12.7. The summed E-state index contributed by atoms with van der Waals surface area (Å²) in [5.74, 6) is 0.381. The van der Waals surface area contributed by atoms with E-state index in [1.807, 2.05) is 13.8 Å². The molecule has 0 atom stereocenters. The third kappa shape index (κ3) is 1.84. The molecule has 3 nitrogen and oxygen atoms in total. The predicted octanol–water partition coefficient (Wildman–Crippen LogP) is 3.95. The molecule has 0 unspecified atom stereocenters. The molecule has 2 N–H and O–H groups in total. The van der Waals surface area contributed by atoms with Gasteiger partial charge in [-0.05, 0) is 35.7 Å². The summed E-state index contributed by atoms with van der Waals surface area (Å²) in [6.07, 6.45) is 0. The van der Waals surface area contributed by atoms with Crippen molar-refractivity contribution in [2.24, 2.45) is 0 Å². The molecule has 0 radical (unpaired) electrons. The Labute approximate surface area is 119 Å². The Kier molecular flexibility index (Phi) is 2.91. The first-order chi connectivity index (χ1) is 9.49. The first kappa shape index (κ1) is 12.9. The molecular formula is C16H14O3S. The number of phenols is 2. The van der Waals surface area contributed by atoms with Gasteiger partial charge in [0.2, 0.25) is 0 Å². The fourth-order valence-corrected chi connectivity index (χ4v) is 3.61. The molecule has 0 spiro atoms. The van der Waals surface area contributed by atoms with Crippen molar-refractivity contribution in [1.82, 2.24) is 0 Å². The summed E-state index contributed by atoms with van der Waals surface area (Å²) in [5, 5.41) is 20.9.